The van der Waals surface area contributed by atoms with E-state index in [0.29, 0.717) is 0 Å². The van der Waals surface area contributed by atoms with Gasteiger partial charge in [0.15, 0.2) is 0 Å². The number of nitrogens with zero attached hydrogens (tertiary/aromatic N) is 2. The quantitative estimate of drug-likeness (QED) is 0.180. The third-order valence-corrected chi connectivity index (χ3v) is 10.9. The van der Waals surface area contributed by atoms with Crippen LogP contribution in [0.4, 0.5) is 0 Å². The van der Waals surface area contributed by atoms with Crippen molar-refractivity contribution in [1.82, 2.24) is 9.97 Å². The molecule has 0 unspecified atom stereocenters. The van der Waals surface area contributed by atoms with E-state index in [1.54, 1.807) is 0 Å². The van der Waals surface area contributed by atoms with Crippen LogP contribution in [0.25, 0.3) is 99.8 Å². The highest BCUT2D eigenvalue weighted by molar-refractivity contribution is 6.11. The highest BCUT2D eigenvalue weighted by Gasteiger charge is 2.18. The molecule has 0 aliphatic heterocycles. The van der Waals surface area contributed by atoms with E-state index in [1.165, 1.54) is 44.5 Å². The molecule has 0 atom stereocenters. The van der Waals surface area contributed by atoms with Crippen molar-refractivity contribution in [2.75, 3.05) is 0 Å². The molecule has 6 aromatic carbocycles. The standard InChI is InChI=1S/C50H36N2O2/c1-29-25-43(39-15-9-13-37-35-11-5-7-17-47(35)53-49(37)39)31(3)23-41(29)33-19-21-51-45(27-33)46-28-34(20-22-52-46)42-24-32(4)44(26-30(42)2)40-16-10-14-38-36-12-6-8-18-48(36)54-50(38)40/h5-28H,1-4H3. The number of hydrogen-bond donors (Lipinski definition) is 0. The topological polar surface area (TPSA) is 52.1 Å². The van der Waals surface area contributed by atoms with E-state index >= 15 is 0 Å². The van der Waals surface area contributed by atoms with Gasteiger partial charge in [-0.2, -0.15) is 0 Å². The van der Waals surface area contributed by atoms with E-state index in [-0.39, 0.29) is 0 Å². The van der Waals surface area contributed by atoms with Gasteiger partial charge in [-0.1, -0.05) is 97.1 Å². The Morgan fingerprint density at radius 2 is 0.741 bits per heavy atom. The Morgan fingerprint density at radius 3 is 1.20 bits per heavy atom. The summed E-state index contributed by atoms with van der Waals surface area (Å²) in [4.78, 5) is 9.59. The lowest BCUT2D eigenvalue weighted by Crippen LogP contribution is -1.94. The number of fused-ring (bicyclic) bond motifs is 6. The number of para-hydroxylation sites is 4. The molecule has 0 amide bonds. The van der Waals surface area contributed by atoms with Gasteiger partial charge in [0.25, 0.3) is 0 Å². The lowest BCUT2D eigenvalue weighted by molar-refractivity contribution is 0.669. The fourth-order valence-electron chi connectivity index (χ4n) is 8.23. The minimum absolute atomic E-state index is 0.838. The maximum Gasteiger partial charge on any atom is 0.143 e. The summed E-state index contributed by atoms with van der Waals surface area (Å²) < 4.78 is 12.8. The van der Waals surface area contributed by atoms with E-state index in [0.717, 1.165) is 77.5 Å². The molecule has 0 bridgehead atoms. The molecule has 0 spiro atoms. The van der Waals surface area contributed by atoms with Gasteiger partial charge in [-0.05, 0) is 120 Å². The number of aromatic nitrogens is 2. The maximum atomic E-state index is 6.40. The Hall–Kier alpha value is -6.78. The van der Waals surface area contributed by atoms with Crippen molar-refractivity contribution >= 4 is 43.9 Å². The van der Waals surface area contributed by atoms with Crippen molar-refractivity contribution in [2.24, 2.45) is 0 Å². The third kappa shape index (κ3) is 5.14. The zero-order valence-electron chi connectivity index (χ0n) is 30.6. The van der Waals surface area contributed by atoms with Crippen LogP contribution in [0.15, 0.2) is 155 Å². The average Bonchev–Trinajstić information content (AvgIpc) is 3.78. The van der Waals surface area contributed by atoms with Gasteiger partial charge >= 0.3 is 0 Å². The van der Waals surface area contributed by atoms with Crippen LogP contribution in [-0.4, -0.2) is 9.97 Å². The first-order valence-corrected chi connectivity index (χ1v) is 18.4. The molecule has 258 valence electrons. The normalized spacial score (nSPS) is 11.7. The van der Waals surface area contributed by atoms with Crippen molar-refractivity contribution in [1.29, 1.82) is 0 Å². The zero-order chi connectivity index (χ0) is 36.5. The molecule has 0 N–H and O–H groups in total. The molecule has 10 rings (SSSR count). The van der Waals surface area contributed by atoms with Gasteiger partial charge < -0.3 is 8.83 Å². The monoisotopic (exact) mass is 696 g/mol. The molecule has 0 saturated heterocycles. The highest BCUT2D eigenvalue weighted by atomic mass is 16.3. The van der Waals surface area contributed by atoms with Crippen molar-refractivity contribution in [3.63, 3.8) is 0 Å². The summed E-state index contributed by atoms with van der Waals surface area (Å²) in [6, 6.07) is 47.0. The molecule has 0 aliphatic carbocycles. The number of rotatable bonds is 5. The second kappa shape index (κ2) is 12.4. The van der Waals surface area contributed by atoms with Crippen LogP contribution in [0.2, 0.25) is 0 Å². The molecular formula is C50H36N2O2. The van der Waals surface area contributed by atoms with Crippen LogP contribution in [0.5, 0.6) is 0 Å². The van der Waals surface area contributed by atoms with Crippen LogP contribution in [0.3, 0.4) is 0 Å². The van der Waals surface area contributed by atoms with Gasteiger partial charge in [0.1, 0.15) is 22.3 Å². The fourth-order valence-corrected chi connectivity index (χ4v) is 8.23. The summed E-state index contributed by atoms with van der Waals surface area (Å²) in [5, 5.41) is 4.56. The molecule has 4 aromatic heterocycles. The van der Waals surface area contributed by atoms with E-state index in [2.05, 4.69) is 137 Å². The van der Waals surface area contributed by atoms with Crippen LogP contribution in [0, 0.1) is 27.7 Å². The summed E-state index contributed by atoms with van der Waals surface area (Å²) in [7, 11) is 0. The van der Waals surface area contributed by atoms with Crippen LogP contribution in [-0.2, 0) is 0 Å². The number of aryl methyl sites for hydroxylation is 4. The summed E-state index contributed by atoms with van der Waals surface area (Å²) in [6.45, 7) is 8.72. The summed E-state index contributed by atoms with van der Waals surface area (Å²) in [5.74, 6) is 0. The predicted octanol–water partition coefficient (Wildman–Crippen LogP) is 13.8. The third-order valence-electron chi connectivity index (χ3n) is 10.9. The van der Waals surface area contributed by atoms with Crippen molar-refractivity contribution < 1.29 is 8.83 Å². The first kappa shape index (κ1) is 31.9. The van der Waals surface area contributed by atoms with Crippen molar-refractivity contribution in [3.05, 3.63) is 168 Å². The Balaban J connectivity index is 0.993. The Morgan fingerprint density at radius 1 is 0.352 bits per heavy atom. The van der Waals surface area contributed by atoms with E-state index in [1.807, 2.05) is 36.7 Å². The Bertz CT molecular complexity index is 2900. The number of furan rings is 2. The van der Waals surface area contributed by atoms with E-state index in [4.69, 9.17) is 18.8 Å². The molecule has 54 heavy (non-hydrogen) atoms. The molecule has 4 nitrogen and oxygen atoms in total. The minimum atomic E-state index is 0.838. The number of hydrogen-bond acceptors (Lipinski definition) is 4. The van der Waals surface area contributed by atoms with Gasteiger partial charge in [0.2, 0.25) is 0 Å². The van der Waals surface area contributed by atoms with Crippen LogP contribution >= 0.6 is 0 Å². The molecular weight excluding hydrogens is 661 g/mol. The lowest BCUT2D eigenvalue weighted by Gasteiger charge is -2.15. The van der Waals surface area contributed by atoms with Gasteiger partial charge in [-0.3, -0.25) is 9.97 Å². The smallest absolute Gasteiger partial charge is 0.143 e. The molecule has 0 radical (unpaired) electrons. The van der Waals surface area contributed by atoms with Gasteiger partial charge in [0.05, 0.1) is 11.4 Å². The second-order valence-corrected chi connectivity index (χ2v) is 14.4. The predicted molar refractivity (Wildman–Crippen MR) is 223 cm³/mol. The summed E-state index contributed by atoms with van der Waals surface area (Å²) in [5.41, 5.74) is 19.2. The van der Waals surface area contributed by atoms with Crippen molar-refractivity contribution in [2.45, 2.75) is 27.7 Å². The Labute approximate surface area is 313 Å². The fraction of sp³-hybridized carbons (Fsp3) is 0.0800. The van der Waals surface area contributed by atoms with Crippen LogP contribution < -0.4 is 0 Å². The molecule has 10 aromatic rings. The zero-order valence-corrected chi connectivity index (χ0v) is 30.6. The lowest BCUT2D eigenvalue weighted by atomic mass is 9.90. The van der Waals surface area contributed by atoms with Gasteiger partial charge in [-0.25, -0.2) is 0 Å². The molecule has 0 saturated carbocycles. The Kier molecular flexibility index (Phi) is 7.34. The average molecular weight is 697 g/mol. The number of benzene rings is 6. The molecule has 4 heteroatoms. The first-order chi connectivity index (χ1) is 26.4. The maximum absolute atomic E-state index is 6.40. The van der Waals surface area contributed by atoms with Crippen molar-refractivity contribution in [3.8, 4) is 55.9 Å². The highest BCUT2D eigenvalue weighted by Crippen LogP contribution is 2.41. The summed E-state index contributed by atoms with van der Waals surface area (Å²) >= 11 is 0. The largest absolute Gasteiger partial charge is 0.455 e. The molecule has 0 fully saturated rings. The van der Waals surface area contributed by atoms with Gasteiger partial charge in [-0.15, -0.1) is 0 Å². The first-order valence-electron chi connectivity index (χ1n) is 18.4. The second-order valence-electron chi connectivity index (χ2n) is 14.4. The molecule has 0 aliphatic rings. The van der Waals surface area contributed by atoms with E-state index < -0.39 is 0 Å². The van der Waals surface area contributed by atoms with Crippen LogP contribution in [0.1, 0.15) is 22.3 Å². The minimum Gasteiger partial charge on any atom is -0.455 e. The summed E-state index contributed by atoms with van der Waals surface area (Å²) in [6.07, 6.45) is 3.78. The SMILES string of the molecule is Cc1cc(-c2cccc3c2oc2ccccc23)c(C)cc1-c1ccnc(-c2cc(-c3cc(C)c(-c4cccc5c4oc4ccccc45)cc3C)ccn2)c1. The van der Waals surface area contributed by atoms with E-state index in [9.17, 15) is 0 Å². The number of pyridine rings is 2. The molecule has 4 heterocycles. The van der Waals surface area contributed by atoms with Gasteiger partial charge in [0, 0.05) is 45.1 Å².